The van der Waals surface area contributed by atoms with Crippen molar-refractivity contribution >= 4 is 29.5 Å². The van der Waals surface area contributed by atoms with E-state index in [1.165, 1.54) is 11.1 Å². The van der Waals surface area contributed by atoms with Crippen LogP contribution < -0.4 is 0 Å². The van der Waals surface area contributed by atoms with Gasteiger partial charge in [-0.1, -0.05) is 37.8 Å². The molecule has 4 nitrogen and oxygen atoms in total. The molecule has 126 valence electrons. The van der Waals surface area contributed by atoms with Crippen LogP contribution in [0.3, 0.4) is 0 Å². The maximum atomic E-state index is 9.60. The van der Waals surface area contributed by atoms with Crippen molar-refractivity contribution in [2.24, 2.45) is 4.99 Å². The highest BCUT2D eigenvalue weighted by molar-refractivity contribution is 7.99. The number of nitrogens with zero attached hydrogens (tertiary/aromatic N) is 4. The van der Waals surface area contributed by atoms with Crippen LogP contribution in [0.25, 0.3) is 5.70 Å². The van der Waals surface area contributed by atoms with Crippen molar-refractivity contribution in [3.05, 3.63) is 58.8 Å². The van der Waals surface area contributed by atoms with Gasteiger partial charge in [-0.3, -0.25) is 0 Å². The summed E-state index contributed by atoms with van der Waals surface area (Å²) in [5.41, 5.74) is 6.26. The second-order valence-electron chi connectivity index (χ2n) is 5.89. The van der Waals surface area contributed by atoms with Gasteiger partial charge in [-0.15, -0.1) is 11.8 Å². The SMILES string of the molecule is C=C1c2c(C)nc(SCC)c(C#N)c2N=CN1Cc1ccccc1C. The van der Waals surface area contributed by atoms with Gasteiger partial charge in [0.05, 0.1) is 17.7 Å². The number of thioether (sulfide) groups is 1. The Balaban J connectivity index is 2.02. The fourth-order valence-corrected chi connectivity index (χ4v) is 3.69. The van der Waals surface area contributed by atoms with E-state index in [1.807, 2.05) is 24.0 Å². The van der Waals surface area contributed by atoms with Crippen molar-refractivity contribution in [2.75, 3.05) is 5.75 Å². The molecule has 3 rings (SSSR count). The van der Waals surface area contributed by atoms with E-state index in [-0.39, 0.29) is 0 Å². The van der Waals surface area contributed by atoms with Gasteiger partial charge in [0.15, 0.2) is 0 Å². The zero-order valence-electron chi connectivity index (χ0n) is 14.7. The van der Waals surface area contributed by atoms with Crippen LogP contribution in [-0.4, -0.2) is 22.0 Å². The average molecular weight is 348 g/mol. The molecule has 0 aliphatic carbocycles. The first-order chi connectivity index (χ1) is 12.1. The maximum absolute atomic E-state index is 9.60. The highest BCUT2D eigenvalue weighted by Crippen LogP contribution is 2.39. The van der Waals surface area contributed by atoms with E-state index >= 15 is 0 Å². The van der Waals surface area contributed by atoms with Crippen molar-refractivity contribution in [3.63, 3.8) is 0 Å². The minimum absolute atomic E-state index is 0.542. The minimum Gasteiger partial charge on any atom is -0.328 e. The highest BCUT2D eigenvalue weighted by Gasteiger charge is 2.25. The number of rotatable bonds is 4. The Morgan fingerprint density at radius 1 is 1.28 bits per heavy atom. The first-order valence-electron chi connectivity index (χ1n) is 8.19. The molecule has 0 fully saturated rings. The topological polar surface area (TPSA) is 52.3 Å². The fraction of sp³-hybridized carbons (Fsp3) is 0.250. The highest BCUT2D eigenvalue weighted by atomic mass is 32.2. The smallest absolute Gasteiger partial charge is 0.116 e. The predicted octanol–water partition coefficient (Wildman–Crippen LogP) is 4.83. The Kier molecular flexibility index (Phi) is 4.91. The van der Waals surface area contributed by atoms with Gasteiger partial charge in [-0.25, -0.2) is 9.98 Å². The van der Waals surface area contributed by atoms with Gasteiger partial charge in [0.2, 0.25) is 0 Å². The molecule has 25 heavy (non-hydrogen) atoms. The summed E-state index contributed by atoms with van der Waals surface area (Å²) < 4.78 is 0. The Morgan fingerprint density at radius 2 is 2.04 bits per heavy atom. The number of hydrogen-bond acceptors (Lipinski definition) is 5. The summed E-state index contributed by atoms with van der Waals surface area (Å²) in [5.74, 6) is 0.865. The Hall–Kier alpha value is -2.58. The summed E-state index contributed by atoms with van der Waals surface area (Å²) in [4.78, 5) is 11.2. The summed E-state index contributed by atoms with van der Waals surface area (Å²) in [5, 5.41) is 10.3. The molecule has 0 unspecified atom stereocenters. The number of fused-ring (bicyclic) bond motifs is 1. The molecule has 0 amide bonds. The predicted molar refractivity (Wildman–Crippen MR) is 104 cm³/mol. The molecular weight excluding hydrogens is 328 g/mol. The molecule has 0 atom stereocenters. The number of nitriles is 1. The molecule has 1 aromatic carbocycles. The van der Waals surface area contributed by atoms with E-state index in [2.05, 4.69) is 48.6 Å². The molecule has 0 radical (unpaired) electrons. The lowest BCUT2D eigenvalue weighted by Gasteiger charge is -2.29. The van der Waals surface area contributed by atoms with Crippen LogP contribution in [0.5, 0.6) is 0 Å². The van der Waals surface area contributed by atoms with Crippen molar-refractivity contribution in [1.29, 1.82) is 5.26 Å². The standard InChI is InChI=1S/C20H20N4S/c1-5-25-20-17(10-21)19-18(14(3)23-20)15(4)24(12-22-19)11-16-9-7-6-8-13(16)2/h6-9,12H,4-5,11H2,1-3H3. The van der Waals surface area contributed by atoms with E-state index in [1.54, 1.807) is 18.1 Å². The van der Waals surface area contributed by atoms with Crippen LogP contribution in [-0.2, 0) is 6.54 Å². The first kappa shape index (κ1) is 17.2. The van der Waals surface area contributed by atoms with Gasteiger partial charge in [0.1, 0.15) is 16.7 Å². The van der Waals surface area contributed by atoms with Gasteiger partial charge < -0.3 is 4.90 Å². The minimum atomic E-state index is 0.542. The summed E-state index contributed by atoms with van der Waals surface area (Å²) in [6.07, 6.45) is 1.78. The third-order valence-electron chi connectivity index (χ3n) is 4.27. The third kappa shape index (κ3) is 3.18. The first-order valence-corrected chi connectivity index (χ1v) is 9.17. The summed E-state index contributed by atoms with van der Waals surface area (Å²) in [6.45, 7) is 11.1. The second-order valence-corrected chi connectivity index (χ2v) is 7.14. The Morgan fingerprint density at radius 3 is 2.72 bits per heavy atom. The number of pyridine rings is 1. The van der Waals surface area contributed by atoms with Crippen molar-refractivity contribution < 1.29 is 0 Å². The van der Waals surface area contributed by atoms with E-state index in [4.69, 9.17) is 0 Å². The number of aromatic nitrogens is 1. The van der Waals surface area contributed by atoms with Crippen LogP contribution in [0.2, 0.25) is 0 Å². The van der Waals surface area contributed by atoms with Gasteiger partial charge in [-0.2, -0.15) is 5.26 Å². The largest absolute Gasteiger partial charge is 0.328 e. The van der Waals surface area contributed by atoms with E-state index in [0.29, 0.717) is 17.8 Å². The van der Waals surface area contributed by atoms with Crippen molar-refractivity contribution in [2.45, 2.75) is 32.3 Å². The molecule has 0 spiro atoms. The summed E-state index contributed by atoms with van der Waals surface area (Å²) in [6, 6.07) is 10.6. The van der Waals surface area contributed by atoms with E-state index < -0.39 is 0 Å². The molecule has 0 bridgehead atoms. The molecule has 0 saturated heterocycles. The molecular formula is C20H20N4S. The molecule has 2 aromatic rings. The molecule has 2 heterocycles. The van der Waals surface area contributed by atoms with Crippen LogP contribution in [0, 0.1) is 25.2 Å². The number of hydrogen-bond donors (Lipinski definition) is 0. The normalized spacial score (nSPS) is 12.9. The molecule has 1 aromatic heterocycles. The van der Waals surface area contributed by atoms with Crippen LogP contribution in [0.15, 0.2) is 40.9 Å². The molecule has 1 aliphatic heterocycles. The average Bonchev–Trinajstić information content (AvgIpc) is 2.59. The fourth-order valence-electron chi connectivity index (χ4n) is 2.93. The number of benzene rings is 1. The molecule has 1 aliphatic rings. The van der Waals surface area contributed by atoms with Gasteiger partial charge >= 0.3 is 0 Å². The van der Waals surface area contributed by atoms with E-state index in [9.17, 15) is 5.26 Å². The number of aliphatic imine (C=N–C) groups is 1. The zero-order chi connectivity index (χ0) is 18.0. The summed E-state index contributed by atoms with van der Waals surface area (Å²) in [7, 11) is 0. The Bertz CT molecular complexity index is 909. The lowest BCUT2D eigenvalue weighted by molar-refractivity contribution is 0.587. The maximum Gasteiger partial charge on any atom is 0.116 e. The zero-order valence-corrected chi connectivity index (χ0v) is 15.5. The van der Waals surface area contributed by atoms with Crippen molar-refractivity contribution in [3.8, 4) is 6.07 Å². The Labute approximate surface area is 152 Å². The molecule has 0 saturated carbocycles. The van der Waals surface area contributed by atoms with Crippen LogP contribution in [0.1, 0.15) is 34.9 Å². The molecule has 5 heteroatoms. The quantitative estimate of drug-likeness (QED) is 0.743. The molecule has 0 N–H and O–H groups in total. The van der Waals surface area contributed by atoms with Crippen molar-refractivity contribution in [1.82, 2.24) is 9.88 Å². The van der Waals surface area contributed by atoms with Gasteiger partial charge in [0, 0.05) is 17.8 Å². The lowest BCUT2D eigenvalue weighted by Crippen LogP contribution is -2.23. The summed E-state index contributed by atoms with van der Waals surface area (Å²) >= 11 is 1.57. The van der Waals surface area contributed by atoms with Crippen LogP contribution >= 0.6 is 11.8 Å². The van der Waals surface area contributed by atoms with E-state index in [0.717, 1.165) is 27.7 Å². The lowest BCUT2D eigenvalue weighted by atomic mass is 10.0. The monoisotopic (exact) mass is 348 g/mol. The van der Waals surface area contributed by atoms with Gasteiger partial charge in [0.25, 0.3) is 0 Å². The van der Waals surface area contributed by atoms with Gasteiger partial charge in [-0.05, 0) is 30.7 Å². The van der Waals surface area contributed by atoms with Crippen LogP contribution in [0.4, 0.5) is 5.69 Å². The number of aryl methyl sites for hydroxylation is 2. The third-order valence-corrected chi connectivity index (χ3v) is 5.13. The second kappa shape index (κ2) is 7.12.